The topological polar surface area (TPSA) is 31.6 Å². The highest BCUT2D eigenvalue weighted by Gasteiger charge is 2.14. The molecule has 0 saturated heterocycles. The summed E-state index contributed by atoms with van der Waals surface area (Å²) in [5.74, 6) is 0.328. The smallest absolute Gasteiger partial charge is 0.255 e. The Hall–Kier alpha value is -0.870. The van der Waals surface area contributed by atoms with Gasteiger partial charge in [0.15, 0.2) is 5.76 Å². The van der Waals surface area contributed by atoms with Crippen molar-refractivity contribution < 1.29 is 18.6 Å². The zero-order valence-electron chi connectivity index (χ0n) is 6.12. The van der Waals surface area contributed by atoms with Crippen molar-refractivity contribution in [3.63, 3.8) is 0 Å². The Morgan fingerprint density at radius 1 is 1.73 bits per heavy atom. The Labute approximate surface area is 63.6 Å². The molecule has 1 atom stereocenters. The second-order valence-corrected chi connectivity index (χ2v) is 1.89. The van der Waals surface area contributed by atoms with Gasteiger partial charge in [-0.25, -0.2) is 0 Å². The highest BCUT2D eigenvalue weighted by atomic mass is 19.3. The average Bonchev–Trinajstić information content (AvgIpc) is 2.52. The number of hydrogen-bond donors (Lipinski definition) is 0. The first-order chi connectivity index (χ1) is 5.38. The van der Waals surface area contributed by atoms with Gasteiger partial charge in [-0.05, 0) is 23.6 Å². The normalized spacial score (nSPS) is 13.3. The average molecular weight is 160 g/mol. The van der Waals surface area contributed by atoms with Crippen molar-refractivity contribution >= 4 is 0 Å². The molecule has 0 bridgehead atoms. The van der Waals surface area contributed by atoms with Crippen LogP contribution in [0.4, 0.5) is 4.53 Å². The number of halogens is 1. The quantitative estimate of drug-likeness (QED) is 0.633. The zero-order valence-corrected chi connectivity index (χ0v) is 6.12. The Bertz CT molecular complexity index is 186. The van der Waals surface area contributed by atoms with E-state index in [1.807, 2.05) is 0 Å². The minimum absolute atomic E-state index is 0.328. The Balaban J connectivity index is 2.56. The predicted octanol–water partition coefficient (Wildman–Crippen LogP) is 2.22. The summed E-state index contributed by atoms with van der Waals surface area (Å²) in [6, 6.07) is 3.22. The van der Waals surface area contributed by atoms with Crippen LogP contribution in [-0.2, 0) is 9.68 Å². The van der Waals surface area contributed by atoms with Gasteiger partial charge < -0.3 is 9.15 Å². The van der Waals surface area contributed by atoms with Gasteiger partial charge in [0.2, 0.25) is 0 Å². The first kappa shape index (κ1) is 8.23. The first-order valence-corrected chi connectivity index (χ1v) is 3.31. The lowest BCUT2D eigenvalue weighted by molar-refractivity contribution is -0.284. The SMILES string of the molecule is CCOC(OF)c1ccco1. The van der Waals surface area contributed by atoms with Gasteiger partial charge in [0.1, 0.15) is 0 Å². The van der Waals surface area contributed by atoms with Gasteiger partial charge >= 0.3 is 0 Å². The van der Waals surface area contributed by atoms with Crippen molar-refractivity contribution in [1.29, 1.82) is 0 Å². The Morgan fingerprint density at radius 2 is 2.55 bits per heavy atom. The molecule has 0 radical (unpaired) electrons. The van der Waals surface area contributed by atoms with E-state index in [1.165, 1.54) is 6.26 Å². The number of hydrogen-bond acceptors (Lipinski definition) is 3. The molecule has 0 spiro atoms. The lowest BCUT2D eigenvalue weighted by atomic mass is 10.4. The van der Waals surface area contributed by atoms with E-state index >= 15 is 0 Å². The molecular formula is C7H9FO3. The second kappa shape index (κ2) is 4.10. The van der Waals surface area contributed by atoms with Crippen molar-refractivity contribution in [3.8, 4) is 0 Å². The molecule has 0 aliphatic heterocycles. The van der Waals surface area contributed by atoms with Crippen LogP contribution in [0.2, 0.25) is 0 Å². The van der Waals surface area contributed by atoms with Crippen LogP contribution in [0.3, 0.4) is 0 Å². The van der Waals surface area contributed by atoms with Crippen LogP contribution in [-0.4, -0.2) is 6.61 Å². The minimum Gasteiger partial charge on any atom is -0.464 e. The van der Waals surface area contributed by atoms with Crippen LogP contribution < -0.4 is 0 Å². The molecule has 4 heteroatoms. The second-order valence-electron chi connectivity index (χ2n) is 1.89. The van der Waals surface area contributed by atoms with E-state index in [0.717, 1.165) is 0 Å². The van der Waals surface area contributed by atoms with E-state index in [4.69, 9.17) is 9.15 Å². The molecule has 0 aliphatic rings. The first-order valence-electron chi connectivity index (χ1n) is 3.31. The van der Waals surface area contributed by atoms with Crippen molar-refractivity contribution in [1.82, 2.24) is 0 Å². The zero-order chi connectivity index (χ0) is 8.10. The molecule has 1 aromatic heterocycles. The largest absolute Gasteiger partial charge is 0.464 e. The maximum atomic E-state index is 11.7. The summed E-state index contributed by atoms with van der Waals surface area (Å²) in [6.45, 7) is 2.12. The number of rotatable bonds is 4. The molecule has 11 heavy (non-hydrogen) atoms. The summed E-state index contributed by atoms with van der Waals surface area (Å²) >= 11 is 0. The van der Waals surface area contributed by atoms with E-state index in [9.17, 15) is 4.53 Å². The Kier molecular flexibility index (Phi) is 3.07. The van der Waals surface area contributed by atoms with Crippen molar-refractivity contribution in [2.75, 3.05) is 6.61 Å². The van der Waals surface area contributed by atoms with Crippen LogP contribution >= 0.6 is 0 Å². The molecule has 0 fully saturated rings. The van der Waals surface area contributed by atoms with Gasteiger partial charge in [0.05, 0.1) is 6.26 Å². The van der Waals surface area contributed by atoms with Gasteiger partial charge in [-0.1, -0.05) is 0 Å². The molecule has 3 nitrogen and oxygen atoms in total. The van der Waals surface area contributed by atoms with Crippen LogP contribution in [0.25, 0.3) is 0 Å². The molecule has 1 unspecified atom stereocenters. The van der Waals surface area contributed by atoms with Crippen LogP contribution in [0.5, 0.6) is 0 Å². The summed E-state index contributed by atoms with van der Waals surface area (Å²) in [6.07, 6.45) is 0.399. The summed E-state index contributed by atoms with van der Waals surface area (Å²) < 4.78 is 21.4. The molecule has 62 valence electrons. The molecule has 0 N–H and O–H groups in total. The fraction of sp³-hybridized carbons (Fsp3) is 0.429. The van der Waals surface area contributed by atoms with Crippen LogP contribution in [0.15, 0.2) is 22.8 Å². The third-order valence-electron chi connectivity index (χ3n) is 1.17. The van der Waals surface area contributed by atoms with Gasteiger partial charge in [-0.15, -0.1) is 0 Å². The standard InChI is InChI=1S/C7H9FO3/c1-2-9-7(11-8)6-4-3-5-10-6/h3-5,7H,2H2,1H3. The number of furan rings is 1. The lowest BCUT2D eigenvalue weighted by Gasteiger charge is -2.07. The molecule has 0 saturated carbocycles. The summed E-state index contributed by atoms with van der Waals surface area (Å²) in [5, 5.41) is 0. The number of ether oxygens (including phenoxy) is 1. The van der Waals surface area contributed by atoms with Crippen molar-refractivity contribution in [3.05, 3.63) is 24.2 Å². The maximum Gasteiger partial charge on any atom is 0.255 e. The molecule has 1 aromatic rings. The molecular weight excluding hydrogens is 151 g/mol. The molecule has 0 amide bonds. The predicted molar refractivity (Wildman–Crippen MR) is 35.3 cm³/mol. The van der Waals surface area contributed by atoms with E-state index in [2.05, 4.69) is 4.94 Å². The third kappa shape index (κ3) is 2.03. The van der Waals surface area contributed by atoms with Crippen LogP contribution in [0.1, 0.15) is 19.0 Å². The van der Waals surface area contributed by atoms with E-state index in [0.29, 0.717) is 12.4 Å². The molecule has 0 aliphatic carbocycles. The third-order valence-corrected chi connectivity index (χ3v) is 1.17. The van der Waals surface area contributed by atoms with Crippen molar-refractivity contribution in [2.45, 2.75) is 13.2 Å². The van der Waals surface area contributed by atoms with E-state index in [1.54, 1.807) is 19.1 Å². The summed E-state index contributed by atoms with van der Waals surface area (Å²) in [4.78, 5) is 3.52. The van der Waals surface area contributed by atoms with Gasteiger partial charge in [0.25, 0.3) is 6.29 Å². The molecule has 0 aromatic carbocycles. The fourth-order valence-electron chi connectivity index (χ4n) is 0.729. The van der Waals surface area contributed by atoms with Gasteiger partial charge in [-0.2, -0.15) is 4.94 Å². The summed E-state index contributed by atoms with van der Waals surface area (Å²) in [5.41, 5.74) is 0. The van der Waals surface area contributed by atoms with Crippen LogP contribution in [0, 0.1) is 0 Å². The molecule has 1 rings (SSSR count). The summed E-state index contributed by atoms with van der Waals surface area (Å²) in [7, 11) is 0. The van der Waals surface area contributed by atoms with E-state index in [-0.39, 0.29) is 0 Å². The molecule has 1 heterocycles. The lowest BCUT2D eigenvalue weighted by Crippen LogP contribution is -2.02. The fourth-order valence-corrected chi connectivity index (χ4v) is 0.729. The monoisotopic (exact) mass is 160 g/mol. The maximum absolute atomic E-state index is 11.7. The highest BCUT2D eigenvalue weighted by Crippen LogP contribution is 2.18. The minimum atomic E-state index is -1.03. The van der Waals surface area contributed by atoms with Crippen molar-refractivity contribution in [2.24, 2.45) is 0 Å². The highest BCUT2D eigenvalue weighted by molar-refractivity contribution is 4.99. The van der Waals surface area contributed by atoms with Gasteiger partial charge in [-0.3, -0.25) is 0 Å². The Morgan fingerprint density at radius 3 is 3.00 bits per heavy atom. The van der Waals surface area contributed by atoms with Gasteiger partial charge in [0, 0.05) is 6.61 Å². The van der Waals surface area contributed by atoms with E-state index < -0.39 is 6.29 Å².